The molecular formula is C13H21N3O2. The number of nitrogens with one attached hydrogen (secondary N) is 1. The zero-order valence-corrected chi connectivity index (χ0v) is 11.3. The van der Waals surface area contributed by atoms with Gasteiger partial charge in [0.25, 0.3) is 0 Å². The largest absolute Gasteiger partial charge is 0.350 e. The molecule has 1 N–H and O–H groups in total. The zero-order chi connectivity index (χ0) is 13.1. The lowest BCUT2D eigenvalue weighted by Gasteiger charge is -2.37. The number of carbonyl (C=O) groups excluding carboxylic acids is 2. The van der Waals surface area contributed by atoms with E-state index in [-0.39, 0.29) is 35.5 Å². The molecule has 0 aromatic carbocycles. The monoisotopic (exact) mass is 251 g/mol. The van der Waals surface area contributed by atoms with Crippen molar-refractivity contribution in [3.63, 3.8) is 0 Å². The molecule has 3 aliphatic heterocycles. The summed E-state index contributed by atoms with van der Waals surface area (Å²) < 4.78 is 0. The molecule has 100 valence electrons. The van der Waals surface area contributed by atoms with E-state index in [0.29, 0.717) is 0 Å². The minimum atomic E-state index is -0.215. The Kier molecular flexibility index (Phi) is 2.46. The zero-order valence-electron chi connectivity index (χ0n) is 11.3. The number of nitrogens with zero attached hydrogens (tertiary/aromatic N) is 2. The molecule has 2 amide bonds. The van der Waals surface area contributed by atoms with Crippen LogP contribution in [0, 0.1) is 0 Å². The smallest absolute Gasteiger partial charge is 0.240 e. The summed E-state index contributed by atoms with van der Waals surface area (Å²) in [5.41, 5.74) is -0.215. The highest BCUT2D eigenvalue weighted by Gasteiger charge is 2.59. The lowest BCUT2D eigenvalue weighted by Crippen LogP contribution is -2.61. The first-order valence-corrected chi connectivity index (χ1v) is 6.77. The predicted octanol–water partition coefficient (Wildman–Crippen LogP) is -0.0415. The van der Waals surface area contributed by atoms with Crippen LogP contribution in [-0.2, 0) is 9.59 Å². The normalized spacial score (nSPS) is 35.2. The van der Waals surface area contributed by atoms with E-state index in [2.05, 4.69) is 10.2 Å². The molecule has 3 aliphatic rings. The molecule has 0 spiro atoms. The highest BCUT2D eigenvalue weighted by atomic mass is 16.2. The van der Waals surface area contributed by atoms with E-state index in [1.807, 2.05) is 25.7 Å². The van der Waals surface area contributed by atoms with Crippen molar-refractivity contribution in [3.05, 3.63) is 0 Å². The van der Waals surface area contributed by atoms with Crippen molar-refractivity contribution in [1.82, 2.24) is 15.1 Å². The molecule has 0 aromatic heterocycles. The Bertz CT molecular complexity index is 402. The van der Waals surface area contributed by atoms with E-state index in [4.69, 9.17) is 0 Å². The Morgan fingerprint density at radius 1 is 1.39 bits per heavy atom. The van der Waals surface area contributed by atoms with Crippen LogP contribution in [0.2, 0.25) is 0 Å². The van der Waals surface area contributed by atoms with Gasteiger partial charge in [0, 0.05) is 12.1 Å². The van der Waals surface area contributed by atoms with Crippen molar-refractivity contribution in [3.8, 4) is 0 Å². The summed E-state index contributed by atoms with van der Waals surface area (Å²) in [7, 11) is 0. The second kappa shape index (κ2) is 3.70. The van der Waals surface area contributed by atoms with Gasteiger partial charge in [-0.2, -0.15) is 0 Å². The number of carbonyl (C=O) groups is 2. The first-order chi connectivity index (χ1) is 8.38. The van der Waals surface area contributed by atoms with E-state index in [1.165, 1.54) is 0 Å². The number of amides is 2. The van der Waals surface area contributed by atoms with Crippen LogP contribution in [0.15, 0.2) is 0 Å². The molecule has 0 radical (unpaired) electrons. The van der Waals surface area contributed by atoms with Crippen LogP contribution in [-0.4, -0.2) is 58.4 Å². The summed E-state index contributed by atoms with van der Waals surface area (Å²) in [6, 6.07) is -0.0527. The molecule has 0 bridgehead atoms. The molecule has 0 unspecified atom stereocenters. The third kappa shape index (κ3) is 1.81. The molecule has 18 heavy (non-hydrogen) atoms. The molecule has 3 rings (SSSR count). The van der Waals surface area contributed by atoms with Gasteiger partial charge in [0.05, 0.1) is 12.1 Å². The Hall–Kier alpha value is -1.10. The van der Waals surface area contributed by atoms with E-state index >= 15 is 0 Å². The van der Waals surface area contributed by atoms with Crippen LogP contribution in [0.1, 0.15) is 33.6 Å². The summed E-state index contributed by atoms with van der Waals surface area (Å²) >= 11 is 0. The van der Waals surface area contributed by atoms with Gasteiger partial charge in [-0.25, -0.2) is 0 Å². The predicted molar refractivity (Wildman–Crippen MR) is 66.9 cm³/mol. The SMILES string of the molecule is CC(C)(C)NC(=O)[C@H]1[C@@H]2CN2C(=O)[C@@H]2CCCN21. The first-order valence-electron chi connectivity index (χ1n) is 6.77. The average molecular weight is 251 g/mol. The van der Waals surface area contributed by atoms with E-state index in [9.17, 15) is 9.59 Å². The summed E-state index contributed by atoms with van der Waals surface area (Å²) in [5.74, 6) is 0.312. The molecule has 3 fully saturated rings. The highest BCUT2D eigenvalue weighted by molar-refractivity contribution is 5.92. The number of fused-ring (bicyclic) bond motifs is 2. The molecule has 3 saturated heterocycles. The van der Waals surface area contributed by atoms with Gasteiger partial charge in [0.15, 0.2) is 0 Å². The molecule has 5 nitrogen and oxygen atoms in total. The van der Waals surface area contributed by atoms with Gasteiger partial charge in [-0.3, -0.25) is 14.5 Å². The van der Waals surface area contributed by atoms with Crippen LogP contribution in [0.5, 0.6) is 0 Å². The van der Waals surface area contributed by atoms with Gasteiger partial charge in [0.2, 0.25) is 11.8 Å². The molecule has 0 aromatic rings. The van der Waals surface area contributed by atoms with Gasteiger partial charge in [-0.05, 0) is 40.2 Å². The van der Waals surface area contributed by atoms with E-state index < -0.39 is 0 Å². The average Bonchev–Trinajstić information content (AvgIpc) is 2.85. The van der Waals surface area contributed by atoms with Crippen LogP contribution in [0.4, 0.5) is 0 Å². The van der Waals surface area contributed by atoms with Crippen LogP contribution in [0.3, 0.4) is 0 Å². The van der Waals surface area contributed by atoms with Crippen molar-refractivity contribution in [2.24, 2.45) is 0 Å². The first kappa shape index (κ1) is 12.0. The van der Waals surface area contributed by atoms with E-state index in [0.717, 1.165) is 25.9 Å². The summed E-state index contributed by atoms with van der Waals surface area (Å²) in [6.07, 6.45) is 1.93. The fourth-order valence-electron chi connectivity index (χ4n) is 3.25. The molecule has 3 atom stereocenters. The minimum Gasteiger partial charge on any atom is -0.350 e. The number of hydrogen-bond donors (Lipinski definition) is 1. The van der Waals surface area contributed by atoms with Crippen LogP contribution < -0.4 is 5.32 Å². The summed E-state index contributed by atoms with van der Waals surface area (Å²) in [4.78, 5) is 28.4. The van der Waals surface area contributed by atoms with Crippen molar-refractivity contribution in [2.45, 2.75) is 57.3 Å². The van der Waals surface area contributed by atoms with Crippen molar-refractivity contribution in [1.29, 1.82) is 0 Å². The molecule has 3 heterocycles. The van der Waals surface area contributed by atoms with Gasteiger partial charge < -0.3 is 10.2 Å². The number of hydrogen-bond acceptors (Lipinski definition) is 3. The Balaban J connectivity index is 1.79. The van der Waals surface area contributed by atoms with Gasteiger partial charge in [-0.1, -0.05) is 0 Å². The standard InChI is InChI=1S/C13H21N3O2/c1-13(2,3)14-11(17)10-9-7-16(9)12(18)8-5-4-6-15(8)10/h8-10H,4-7H2,1-3H3,(H,14,17)/t8-,9-,10+,16?/m0/s1. The van der Waals surface area contributed by atoms with Gasteiger partial charge in [0.1, 0.15) is 6.04 Å². The lowest BCUT2D eigenvalue weighted by atomic mass is 10.0. The fourth-order valence-corrected chi connectivity index (χ4v) is 3.25. The molecule has 5 heteroatoms. The minimum absolute atomic E-state index is 0.0422. The quantitative estimate of drug-likeness (QED) is 0.665. The number of piperazine rings is 1. The van der Waals surface area contributed by atoms with E-state index in [1.54, 1.807) is 0 Å². The van der Waals surface area contributed by atoms with Crippen molar-refractivity contribution in [2.75, 3.05) is 13.1 Å². The highest BCUT2D eigenvalue weighted by Crippen LogP contribution is 2.37. The Morgan fingerprint density at radius 3 is 2.78 bits per heavy atom. The number of rotatable bonds is 1. The Morgan fingerprint density at radius 2 is 2.11 bits per heavy atom. The Labute approximate surface area is 107 Å². The van der Waals surface area contributed by atoms with Gasteiger partial charge >= 0.3 is 0 Å². The molecule has 0 saturated carbocycles. The van der Waals surface area contributed by atoms with Crippen molar-refractivity contribution >= 4 is 11.8 Å². The summed E-state index contributed by atoms with van der Waals surface area (Å²) in [5, 5.41) is 3.05. The topological polar surface area (TPSA) is 52.4 Å². The lowest BCUT2D eigenvalue weighted by molar-refractivity contribution is -0.140. The molecular weight excluding hydrogens is 230 g/mol. The third-order valence-electron chi connectivity index (χ3n) is 4.00. The van der Waals surface area contributed by atoms with Crippen LogP contribution >= 0.6 is 0 Å². The second-order valence-electron chi connectivity index (χ2n) is 6.64. The maximum absolute atomic E-state index is 12.4. The van der Waals surface area contributed by atoms with Crippen molar-refractivity contribution < 1.29 is 9.59 Å². The maximum atomic E-state index is 12.4. The third-order valence-corrected chi connectivity index (χ3v) is 4.00. The van der Waals surface area contributed by atoms with Gasteiger partial charge in [-0.15, -0.1) is 0 Å². The maximum Gasteiger partial charge on any atom is 0.240 e. The van der Waals surface area contributed by atoms with Crippen LogP contribution in [0.25, 0.3) is 0 Å². The summed E-state index contributed by atoms with van der Waals surface area (Å²) in [6.45, 7) is 7.61. The fraction of sp³-hybridized carbons (Fsp3) is 0.846. The second-order valence-corrected chi connectivity index (χ2v) is 6.64. The molecule has 0 aliphatic carbocycles.